The Morgan fingerprint density at radius 2 is 1.96 bits per heavy atom. The summed E-state index contributed by atoms with van der Waals surface area (Å²) in [6, 6.07) is 7.55. The molecule has 2 N–H and O–H groups in total. The van der Waals surface area contributed by atoms with Gasteiger partial charge in [-0.3, -0.25) is 9.59 Å². The highest BCUT2D eigenvalue weighted by atomic mass is 16.2. The number of rotatable bonds is 6. The second-order valence-electron chi connectivity index (χ2n) is 7.15. The van der Waals surface area contributed by atoms with Crippen LogP contribution < -0.4 is 5.73 Å². The number of amides is 2. The van der Waals surface area contributed by atoms with E-state index >= 15 is 0 Å². The predicted octanol–water partition coefficient (Wildman–Crippen LogP) is 1.91. The number of carbonyl (C=O) groups excluding carboxylic acids is 2. The minimum atomic E-state index is -0.435. The molecule has 1 saturated heterocycles. The summed E-state index contributed by atoms with van der Waals surface area (Å²) in [6.45, 7) is 7.02. The van der Waals surface area contributed by atoms with E-state index in [1.54, 1.807) is 12.1 Å². The maximum absolute atomic E-state index is 12.7. The van der Waals surface area contributed by atoms with E-state index in [1.807, 2.05) is 17.0 Å². The highest BCUT2D eigenvalue weighted by Crippen LogP contribution is 2.19. The Labute approximate surface area is 144 Å². The second-order valence-corrected chi connectivity index (χ2v) is 7.15. The lowest BCUT2D eigenvalue weighted by Crippen LogP contribution is -2.54. The minimum Gasteiger partial charge on any atom is -0.366 e. The van der Waals surface area contributed by atoms with Gasteiger partial charge in [-0.2, -0.15) is 0 Å². The summed E-state index contributed by atoms with van der Waals surface area (Å²) in [5.41, 5.74) is 6.79. The van der Waals surface area contributed by atoms with Crippen molar-refractivity contribution in [3.8, 4) is 0 Å². The predicted molar refractivity (Wildman–Crippen MR) is 95.7 cm³/mol. The molecule has 0 aromatic heterocycles. The summed E-state index contributed by atoms with van der Waals surface area (Å²) in [7, 11) is 2.11. The van der Waals surface area contributed by atoms with E-state index in [0.717, 1.165) is 31.6 Å². The average Bonchev–Trinajstić information content (AvgIpc) is 2.52. The fraction of sp³-hybridized carbons (Fsp3) is 0.579. The molecule has 0 bridgehead atoms. The number of aryl methyl sites for hydroxylation is 1. The van der Waals surface area contributed by atoms with E-state index < -0.39 is 5.91 Å². The first kappa shape index (κ1) is 18.5. The Morgan fingerprint density at radius 1 is 1.25 bits per heavy atom. The van der Waals surface area contributed by atoms with E-state index in [2.05, 4.69) is 25.8 Å². The largest absolute Gasteiger partial charge is 0.366 e. The minimum absolute atomic E-state index is 0.174. The molecule has 1 atom stereocenters. The van der Waals surface area contributed by atoms with Gasteiger partial charge in [-0.25, -0.2) is 0 Å². The van der Waals surface area contributed by atoms with Crippen molar-refractivity contribution in [2.45, 2.75) is 39.2 Å². The molecular weight excluding hydrogens is 302 g/mol. The summed E-state index contributed by atoms with van der Waals surface area (Å²) in [5.74, 6) is 0.302. The normalized spacial score (nSPS) is 18.8. The molecule has 0 aliphatic carbocycles. The number of likely N-dealkylation sites (N-methyl/N-ethyl adjacent to an activating group) is 1. The number of benzene rings is 1. The standard InChI is InChI=1S/C19H29N3O2/c1-14(2)12-16-13-21(3)10-11-22(16)18(23)9-8-15-6-4-5-7-17(15)19(20)24/h4-7,14,16H,8-13H2,1-3H3,(H2,20,24)/t16-/m0/s1. The molecule has 0 saturated carbocycles. The van der Waals surface area contributed by atoms with Gasteiger partial charge in [0.05, 0.1) is 0 Å². The fourth-order valence-corrected chi connectivity index (χ4v) is 3.45. The third-order valence-corrected chi connectivity index (χ3v) is 4.64. The number of nitrogens with two attached hydrogens (primary N) is 1. The molecule has 1 fully saturated rings. The van der Waals surface area contributed by atoms with Crippen LogP contribution in [0.2, 0.25) is 0 Å². The van der Waals surface area contributed by atoms with Crippen LogP contribution in [0.3, 0.4) is 0 Å². The zero-order valence-corrected chi connectivity index (χ0v) is 15.0. The lowest BCUT2D eigenvalue weighted by atomic mass is 9.98. The van der Waals surface area contributed by atoms with Gasteiger partial charge in [-0.05, 0) is 37.4 Å². The first-order valence-corrected chi connectivity index (χ1v) is 8.74. The van der Waals surface area contributed by atoms with Crippen molar-refractivity contribution in [2.75, 3.05) is 26.7 Å². The molecule has 1 aromatic carbocycles. The van der Waals surface area contributed by atoms with Gasteiger partial charge in [0.15, 0.2) is 0 Å². The molecule has 1 aromatic rings. The summed E-state index contributed by atoms with van der Waals surface area (Å²) >= 11 is 0. The van der Waals surface area contributed by atoms with Crippen molar-refractivity contribution in [1.29, 1.82) is 0 Å². The molecule has 24 heavy (non-hydrogen) atoms. The van der Waals surface area contributed by atoms with Crippen LogP contribution in [-0.2, 0) is 11.2 Å². The highest BCUT2D eigenvalue weighted by Gasteiger charge is 2.29. The topological polar surface area (TPSA) is 66.6 Å². The summed E-state index contributed by atoms with van der Waals surface area (Å²) in [4.78, 5) is 28.6. The Kier molecular flexibility index (Phi) is 6.37. The van der Waals surface area contributed by atoms with Crippen LogP contribution in [0.25, 0.3) is 0 Å². The van der Waals surface area contributed by atoms with Gasteiger partial charge >= 0.3 is 0 Å². The van der Waals surface area contributed by atoms with Crippen LogP contribution in [0.5, 0.6) is 0 Å². The van der Waals surface area contributed by atoms with Gasteiger partial charge in [0.25, 0.3) is 0 Å². The number of piperazine rings is 1. The highest BCUT2D eigenvalue weighted by molar-refractivity contribution is 5.94. The summed E-state index contributed by atoms with van der Waals surface area (Å²) < 4.78 is 0. The molecule has 0 spiro atoms. The molecule has 0 radical (unpaired) electrons. The monoisotopic (exact) mass is 331 g/mol. The number of hydrogen-bond donors (Lipinski definition) is 1. The van der Waals surface area contributed by atoms with Crippen LogP contribution in [-0.4, -0.2) is 54.3 Å². The molecule has 1 heterocycles. The van der Waals surface area contributed by atoms with Crippen molar-refractivity contribution in [3.63, 3.8) is 0 Å². The Balaban J connectivity index is 2.02. The van der Waals surface area contributed by atoms with Gasteiger partial charge in [0, 0.05) is 37.7 Å². The second kappa shape index (κ2) is 8.29. The van der Waals surface area contributed by atoms with Crippen molar-refractivity contribution in [2.24, 2.45) is 11.7 Å². The lowest BCUT2D eigenvalue weighted by Gasteiger charge is -2.41. The smallest absolute Gasteiger partial charge is 0.248 e. The maximum Gasteiger partial charge on any atom is 0.248 e. The van der Waals surface area contributed by atoms with E-state index in [9.17, 15) is 9.59 Å². The molecule has 132 valence electrons. The fourth-order valence-electron chi connectivity index (χ4n) is 3.45. The molecule has 5 nitrogen and oxygen atoms in total. The number of hydrogen-bond acceptors (Lipinski definition) is 3. The average molecular weight is 331 g/mol. The Morgan fingerprint density at radius 3 is 2.62 bits per heavy atom. The van der Waals surface area contributed by atoms with Gasteiger partial charge in [0.1, 0.15) is 0 Å². The van der Waals surface area contributed by atoms with Crippen LogP contribution in [0, 0.1) is 5.92 Å². The Bertz CT molecular complexity index is 584. The zero-order valence-electron chi connectivity index (χ0n) is 15.0. The van der Waals surface area contributed by atoms with E-state index in [0.29, 0.717) is 24.3 Å². The van der Waals surface area contributed by atoms with Crippen LogP contribution in [0.1, 0.15) is 42.6 Å². The van der Waals surface area contributed by atoms with E-state index in [1.165, 1.54) is 0 Å². The van der Waals surface area contributed by atoms with Crippen molar-refractivity contribution < 1.29 is 9.59 Å². The number of primary amides is 1. The first-order chi connectivity index (χ1) is 11.4. The van der Waals surface area contributed by atoms with Gasteiger partial charge < -0.3 is 15.5 Å². The molecular formula is C19H29N3O2. The maximum atomic E-state index is 12.7. The molecule has 1 aliphatic rings. The summed E-state index contributed by atoms with van der Waals surface area (Å²) in [6.07, 6.45) is 2.00. The van der Waals surface area contributed by atoms with Crippen LogP contribution in [0.15, 0.2) is 24.3 Å². The van der Waals surface area contributed by atoms with Gasteiger partial charge in [0.2, 0.25) is 11.8 Å². The third kappa shape index (κ3) is 4.81. The summed E-state index contributed by atoms with van der Waals surface area (Å²) in [5, 5.41) is 0. The van der Waals surface area contributed by atoms with Crippen molar-refractivity contribution in [1.82, 2.24) is 9.80 Å². The number of nitrogens with zero attached hydrogens (tertiary/aromatic N) is 2. The third-order valence-electron chi connectivity index (χ3n) is 4.64. The van der Waals surface area contributed by atoms with Gasteiger partial charge in [-0.15, -0.1) is 0 Å². The van der Waals surface area contributed by atoms with Crippen molar-refractivity contribution >= 4 is 11.8 Å². The van der Waals surface area contributed by atoms with E-state index in [4.69, 9.17) is 5.73 Å². The van der Waals surface area contributed by atoms with Crippen LogP contribution in [0.4, 0.5) is 0 Å². The van der Waals surface area contributed by atoms with Crippen molar-refractivity contribution in [3.05, 3.63) is 35.4 Å². The molecule has 1 aliphatic heterocycles. The van der Waals surface area contributed by atoms with E-state index in [-0.39, 0.29) is 11.9 Å². The number of carbonyl (C=O) groups is 2. The quantitative estimate of drug-likeness (QED) is 0.866. The molecule has 0 unspecified atom stereocenters. The first-order valence-electron chi connectivity index (χ1n) is 8.74. The molecule has 2 amide bonds. The Hall–Kier alpha value is -1.88. The SMILES string of the molecule is CC(C)C[C@H]1CN(C)CCN1C(=O)CCc1ccccc1C(N)=O. The zero-order chi connectivity index (χ0) is 17.7. The lowest BCUT2D eigenvalue weighted by molar-refractivity contribution is -0.136. The van der Waals surface area contributed by atoms with Crippen LogP contribution >= 0.6 is 0 Å². The molecule has 5 heteroatoms. The van der Waals surface area contributed by atoms with Gasteiger partial charge in [-0.1, -0.05) is 32.0 Å². The molecule has 2 rings (SSSR count).